The van der Waals surface area contributed by atoms with E-state index in [4.69, 9.17) is 0 Å². The standard InChI is InChI=1S/C26H22N4O2S/c1-30-23(18-12-6-3-7-13-18)22(19-14-8-9-15-20(19)25(30)32)24(31)27-26-29-28-21(33-26)16-17-10-4-2-5-11-17/h2-15,22-23H,16H2,1H3,(H,27,29,31). The lowest BCUT2D eigenvalue weighted by Gasteiger charge is -2.39. The van der Waals surface area contributed by atoms with Crippen molar-refractivity contribution in [2.24, 2.45) is 0 Å². The number of hydrogen-bond acceptors (Lipinski definition) is 5. The smallest absolute Gasteiger partial charge is 0.254 e. The van der Waals surface area contributed by atoms with E-state index < -0.39 is 12.0 Å². The summed E-state index contributed by atoms with van der Waals surface area (Å²) in [6.45, 7) is 0. The Labute approximate surface area is 195 Å². The van der Waals surface area contributed by atoms with Gasteiger partial charge in [0.1, 0.15) is 5.01 Å². The van der Waals surface area contributed by atoms with E-state index in [-0.39, 0.29) is 11.8 Å². The van der Waals surface area contributed by atoms with Gasteiger partial charge in [0.05, 0.1) is 12.0 Å². The van der Waals surface area contributed by atoms with Crippen LogP contribution in [0.2, 0.25) is 0 Å². The largest absolute Gasteiger partial charge is 0.334 e. The lowest BCUT2D eigenvalue weighted by molar-refractivity contribution is -0.119. The number of rotatable bonds is 5. The van der Waals surface area contributed by atoms with Crippen LogP contribution in [-0.2, 0) is 11.2 Å². The van der Waals surface area contributed by atoms with Crippen LogP contribution in [-0.4, -0.2) is 34.0 Å². The molecule has 3 aromatic carbocycles. The Hall–Kier alpha value is -3.84. The highest BCUT2D eigenvalue weighted by atomic mass is 32.1. The number of carbonyl (C=O) groups is 2. The summed E-state index contributed by atoms with van der Waals surface area (Å²) in [7, 11) is 1.75. The van der Waals surface area contributed by atoms with Crippen LogP contribution < -0.4 is 5.32 Å². The van der Waals surface area contributed by atoms with E-state index in [1.807, 2.05) is 78.9 Å². The molecule has 4 aromatic rings. The van der Waals surface area contributed by atoms with E-state index in [0.717, 1.165) is 21.7 Å². The minimum atomic E-state index is -0.576. The predicted octanol–water partition coefficient (Wildman–Crippen LogP) is 4.68. The third-order valence-electron chi connectivity index (χ3n) is 5.90. The van der Waals surface area contributed by atoms with Gasteiger partial charge >= 0.3 is 0 Å². The molecule has 1 aliphatic rings. The first-order valence-corrected chi connectivity index (χ1v) is 11.5. The van der Waals surface area contributed by atoms with Crippen molar-refractivity contribution in [3.63, 3.8) is 0 Å². The van der Waals surface area contributed by atoms with E-state index >= 15 is 0 Å². The molecule has 0 fully saturated rings. The van der Waals surface area contributed by atoms with Crippen molar-refractivity contribution < 1.29 is 9.59 Å². The quantitative estimate of drug-likeness (QED) is 0.475. The zero-order chi connectivity index (χ0) is 22.8. The molecule has 2 amide bonds. The number of likely N-dealkylation sites (N-methyl/N-ethyl adjacent to an activating group) is 1. The Morgan fingerprint density at radius 3 is 2.36 bits per heavy atom. The molecule has 1 aromatic heterocycles. The average Bonchev–Trinajstić information content (AvgIpc) is 3.28. The first-order valence-electron chi connectivity index (χ1n) is 10.7. The fourth-order valence-electron chi connectivity index (χ4n) is 4.35. The summed E-state index contributed by atoms with van der Waals surface area (Å²) in [6.07, 6.45) is 0.657. The number of nitrogens with zero attached hydrogens (tertiary/aromatic N) is 3. The molecular formula is C26H22N4O2S. The number of nitrogens with one attached hydrogen (secondary N) is 1. The monoisotopic (exact) mass is 454 g/mol. The summed E-state index contributed by atoms with van der Waals surface area (Å²) in [4.78, 5) is 28.4. The predicted molar refractivity (Wildman–Crippen MR) is 128 cm³/mol. The van der Waals surface area contributed by atoms with Gasteiger partial charge in [0.15, 0.2) is 0 Å². The van der Waals surface area contributed by atoms with Crippen molar-refractivity contribution in [3.8, 4) is 0 Å². The second kappa shape index (κ2) is 8.96. The van der Waals surface area contributed by atoms with Gasteiger partial charge in [-0.15, -0.1) is 10.2 Å². The fraction of sp³-hybridized carbons (Fsp3) is 0.154. The molecule has 2 unspecified atom stereocenters. The highest BCUT2D eigenvalue weighted by molar-refractivity contribution is 7.15. The summed E-state index contributed by atoms with van der Waals surface area (Å²) in [6, 6.07) is 26.6. The van der Waals surface area contributed by atoms with Gasteiger partial charge in [-0.1, -0.05) is 90.2 Å². The second-order valence-corrected chi connectivity index (χ2v) is 9.05. The van der Waals surface area contributed by atoms with Crippen LogP contribution in [0.1, 0.15) is 44.0 Å². The van der Waals surface area contributed by atoms with Crippen molar-refractivity contribution in [3.05, 3.63) is 112 Å². The Morgan fingerprint density at radius 1 is 0.939 bits per heavy atom. The van der Waals surface area contributed by atoms with Crippen LogP contribution in [0, 0.1) is 0 Å². The highest BCUT2D eigenvalue weighted by Gasteiger charge is 2.42. The van der Waals surface area contributed by atoms with E-state index in [1.54, 1.807) is 18.0 Å². The molecule has 6 nitrogen and oxygen atoms in total. The Kier molecular flexibility index (Phi) is 5.71. The van der Waals surface area contributed by atoms with E-state index in [2.05, 4.69) is 15.5 Å². The van der Waals surface area contributed by atoms with Crippen LogP contribution >= 0.6 is 11.3 Å². The van der Waals surface area contributed by atoms with Gasteiger partial charge in [-0.05, 0) is 22.8 Å². The molecule has 2 heterocycles. The summed E-state index contributed by atoms with van der Waals surface area (Å²) >= 11 is 1.37. The fourth-order valence-corrected chi connectivity index (χ4v) is 5.13. The maximum absolute atomic E-state index is 13.6. The minimum absolute atomic E-state index is 0.0930. The van der Waals surface area contributed by atoms with Crippen molar-refractivity contribution in [2.45, 2.75) is 18.4 Å². The molecule has 0 radical (unpaired) electrons. The maximum atomic E-state index is 13.6. The van der Waals surface area contributed by atoms with Crippen LogP contribution in [0.4, 0.5) is 5.13 Å². The average molecular weight is 455 g/mol. The first-order chi connectivity index (χ1) is 16.1. The molecule has 0 saturated heterocycles. The third kappa shape index (κ3) is 4.15. The molecule has 0 spiro atoms. The number of anilines is 1. The number of aromatic nitrogens is 2. The number of hydrogen-bond donors (Lipinski definition) is 1. The lowest BCUT2D eigenvalue weighted by atomic mass is 9.79. The van der Waals surface area contributed by atoms with Gasteiger partial charge in [-0.2, -0.15) is 0 Å². The van der Waals surface area contributed by atoms with E-state index in [0.29, 0.717) is 17.1 Å². The van der Waals surface area contributed by atoms with Crippen molar-refractivity contribution >= 4 is 28.3 Å². The van der Waals surface area contributed by atoms with Crippen molar-refractivity contribution in [1.29, 1.82) is 0 Å². The molecule has 1 aliphatic heterocycles. The van der Waals surface area contributed by atoms with Crippen LogP contribution in [0.15, 0.2) is 84.9 Å². The molecule has 33 heavy (non-hydrogen) atoms. The third-order valence-corrected chi connectivity index (χ3v) is 6.74. The topological polar surface area (TPSA) is 75.2 Å². The van der Waals surface area contributed by atoms with Crippen LogP contribution in [0.25, 0.3) is 0 Å². The van der Waals surface area contributed by atoms with Gasteiger partial charge in [-0.25, -0.2) is 0 Å². The van der Waals surface area contributed by atoms with E-state index in [9.17, 15) is 9.59 Å². The number of carbonyl (C=O) groups excluding carboxylic acids is 2. The van der Waals surface area contributed by atoms with Gasteiger partial charge < -0.3 is 4.90 Å². The summed E-state index contributed by atoms with van der Waals surface area (Å²) in [5, 5.41) is 12.7. The molecule has 2 atom stereocenters. The number of fused-ring (bicyclic) bond motifs is 1. The zero-order valence-electron chi connectivity index (χ0n) is 18.0. The molecule has 7 heteroatoms. The van der Waals surface area contributed by atoms with Gasteiger partial charge in [-0.3, -0.25) is 14.9 Å². The zero-order valence-corrected chi connectivity index (χ0v) is 18.8. The van der Waals surface area contributed by atoms with Gasteiger partial charge in [0.2, 0.25) is 11.0 Å². The SMILES string of the molecule is CN1C(=O)c2ccccc2C(C(=O)Nc2nnc(Cc3ccccc3)s2)C1c1ccccc1. The molecule has 0 saturated carbocycles. The van der Waals surface area contributed by atoms with Crippen molar-refractivity contribution in [2.75, 3.05) is 12.4 Å². The molecule has 1 N–H and O–H groups in total. The molecule has 0 bridgehead atoms. The maximum Gasteiger partial charge on any atom is 0.254 e. The van der Waals surface area contributed by atoms with Crippen LogP contribution in [0.3, 0.4) is 0 Å². The normalized spacial score (nSPS) is 17.5. The second-order valence-electron chi connectivity index (χ2n) is 7.99. The van der Waals surface area contributed by atoms with Gasteiger partial charge in [0.25, 0.3) is 5.91 Å². The molecule has 164 valence electrons. The summed E-state index contributed by atoms with van der Waals surface area (Å²) in [5.74, 6) is -0.879. The first kappa shape index (κ1) is 21.0. The minimum Gasteiger partial charge on any atom is -0.334 e. The summed E-state index contributed by atoms with van der Waals surface area (Å²) in [5.41, 5.74) is 3.32. The Morgan fingerprint density at radius 2 is 1.61 bits per heavy atom. The highest BCUT2D eigenvalue weighted by Crippen LogP contribution is 2.42. The van der Waals surface area contributed by atoms with Gasteiger partial charge in [0, 0.05) is 19.0 Å². The lowest BCUT2D eigenvalue weighted by Crippen LogP contribution is -2.44. The van der Waals surface area contributed by atoms with Crippen molar-refractivity contribution in [1.82, 2.24) is 15.1 Å². The number of benzene rings is 3. The molecule has 5 rings (SSSR count). The Bertz CT molecular complexity index is 1290. The Balaban J connectivity index is 1.46. The summed E-state index contributed by atoms with van der Waals surface area (Å²) < 4.78 is 0. The molecular weight excluding hydrogens is 432 g/mol. The number of amides is 2. The van der Waals surface area contributed by atoms with E-state index in [1.165, 1.54) is 11.3 Å². The van der Waals surface area contributed by atoms with Crippen LogP contribution in [0.5, 0.6) is 0 Å². The molecule has 0 aliphatic carbocycles.